The van der Waals surface area contributed by atoms with Gasteiger partial charge >= 0.3 is 0 Å². The molecule has 1 fully saturated rings. The van der Waals surface area contributed by atoms with Crippen LogP contribution in [0.25, 0.3) is 10.2 Å². The molecule has 0 saturated carbocycles. The number of imide groups is 1. The summed E-state index contributed by atoms with van der Waals surface area (Å²) in [5, 5.41) is 0.620. The maximum absolute atomic E-state index is 13.6. The predicted octanol–water partition coefficient (Wildman–Crippen LogP) is 3.95. The van der Waals surface area contributed by atoms with Crippen molar-refractivity contribution < 1.29 is 19.1 Å². The molecular weight excluding hydrogens is 452 g/mol. The van der Waals surface area contributed by atoms with E-state index in [1.165, 1.54) is 16.2 Å². The van der Waals surface area contributed by atoms with Gasteiger partial charge in [0.05, 0.1) is 23.0 Å². The quantitative estimate of drug-likeness (QED) is 0.432. The summed E-state index contributed by atoms with van der Waals surface area (Å²) in [6, 6.07) is 12.3. The van der Waals surface area contributed by atoms with E-state index in [-0.39, 0.29) is 30.6 Å². The number of rotatable bonds is 9. The van der Waals surface area contributed by atoms with Crippen LogP contribution in [0.15, 0.2) is 42.5 Å². The van der Waals surface area contributed by atoms with E-state index in [2.05, 4.69) is 18.7 Å². The number of fused-ring (bicyclic) bond motifs is 1. The normalized spacial score (nSPS) is 13.8. The third-order valence-electron chi connectivity index (χ3n) is 6.02. The topological polar surface area (TPSA) is 83.0 Å². The van der Waals surface area contributed by atoms with Gasteiger partial charge in [-0.25, -0.2) is 4.98 Å². The van der Waals surface area contributed by atoms with E-state index in [4.69, 9.17) is 9.72 Å². The molecule has 0 atom stereocenters. The van der Waals surface area contributed by atoms with E-state index < -0.39 is 0 Å². The maximum Gasteiger partial charge on any atom is 0.260 e. The Labute approximate surface area is 202 Å². The molecule has 0 spiro atoms. The minimum atomic E-state index is -0.213. The van der Waals surface area contributed by atoms with Gasteiger partial charge in [0, 0.05) is 37.6 Å². The van der Waals surface area contributed by atoms with Crippen molar-refractivity contribution in [2.24, 2.45) is 0 Å². The summed E-state index contributed by atoms with van der Waals surface area (Å²) in [5.41, 5.74) is 1.74. The number of benzene rings is 2. The Hall–Kier alpha value is -3.30. The van der Waals surface area contributed by atoms with Crippen molar-refractivity contribution in [3.8, 4) is 5.75 Å². The molecule has 1 aromatic heterocycles. The summed E-state index contributed by atoms with van der Waals surface area (Å²) in [6.45, 7) is 7.18. The SMILES string of the molecule is CCN(CC)CCN(C(=O)c1ccc(N2C(=O)CCC2=O)cc1)c1nc2cc(OC)ccc2s1. The summed E-state index contributed by atoms with van der Waals surface area (Å²) in [6.07, 6.45) is 0.447. The van der Waals surface area contributed by atoms with Crippen LogP contribution in [0.2, 0.25) is 0 Å². The number of anilines is 2. The molecule has 2 heterocycles. The second-order valence-electron chi connectivity index (χ2n) is 7.98. The second-order valence-corrected chi connectivity index (χ2v) is 8.99. The highest BCUT2D eigenvalue weighted by molar-refractivity contribution is 7.22. The molecule has 1 aliphatic rings. The van der Waals surface area contributed by atoms with Crippen molar-refractivity contribution in [3.05, 3.63) is 48.0 Å². The first-order valence-corrected chi connectivity index (χ1v) is 12.2. The van der Waals surface area contributed by atoms with Gasteiger partial charge in [-0.15, -0.1) is 0 Å². The fraction of sp³-hybridized carbons (Fsp3) is 0.360. The van der Waals surface area contributed by atoms with Crippen LogP contribution in [0.3, 0.4) is 0 Å². The number of carbonyl (C=O) groups is 3. The van der Waals surface area contributed by atoms with E-state index in [9.17, 15) is 14.4 Å². The zero-order valence-electron chi connectivity index (χ0n) is 19.6. The molecule has 0 bridgehead atoms. The highest BCUT2D eigenvalue weighted by Crippen LogP contribution is 2.32. The molecule has 0 aliphatic carbocycles. The summed E-state index contributed by atoms with van der Waals surface area (Å²) < 4.78 is 6.28. The predicted molar refractivity (Wildman–Crippen MR) is 134 cm³/mol. The summed E-state index contributed by atoms with van der Waals surface area (Å²) in [4.78, 5) is 47.6. The molecule has 1 aliphatic heterocycles. The van der Waals surface area contributed by atoms with E-state index in [0.717, 1.165) is 23.3 Å². The van der Waals surface area contributed by atoms with Gasteiger partial charge in [0.15, 0.2) is 5.13 Å². The molecule has 2 aromatic carbocycles. The van der Waals surface area contributed by atoms with Crippen LogP contribution in [0.5, 0.6) is 5.75 Å². The largest absolute Gasteiger partial charge is 0.497 e. The number of methoxy groups -OCH3 is 1. The van der Waals surface area contributed by atoms with Crippen LogP contribution in [0, 0.1) is 0 Å². The number of hydrogen-bond donors (Lipinski definition) is 0. The van der Waals surface area contributed by atoms with Crippen LogP contribution in [-0.4, -0.2) is 60.9 Å². The molecule has 34 heavy (non-hydrogen) atoms. The number of thiazole rings is 1. The Balaban J connectivity index is 1.63. The molecule has 0 unspecified atom stereocenters. The summed E-state index contributed by atoms with van der Waals surface area (Å²) >= 11 is 1.46. The minimum Gasteiger partial charge on any atom is -0.497 e. The summed E-state index contributed by atoms with van der Waals surface area (Å²) in [5.74, 6) is 0.112. The van der Waals surface area contributed by atoms with Crippen molar-refractivity contribution in [3.63, 3.8) is 0 Å². The van der Waals surface area contributed by atoms with Crippen molar-refractivity contribution >= 4 is 50.1 Å². The smallest absolute Gasteiger partial charge is 0.260 e. The standard InChI is InChI=1S/C25H28N4O4S/c1-4-27(5-2)14-15-28(25-26-20-16-19(33-3)10-11-21(20)34-25)24(32)17-6-8-18(9-7-17)29-22(30)12-13-23(29)31/h6-11,16H,4-5,12-15H2,1-3H3. The van der Waals surface area contributed by atoms with Gasteiger partial charge in [-0.2, -0.15) is 0 Å². The lowest BCUT2D eigenvalue weighted by atomic mass is 10.1. The summed E-state index contributed by atoms with van der Waals surface area (Å²) in [7, 11) is 1.61. The number of likely N-dealkylation sites (N-methyl/N-ethyl adjacent to an activating group) is 1. The molecular formula is C25H28N4O4S. The average molecular weight is 481 g/mol. The number of carbonyl (C=O) groups excluding carboxylic acids is 3. The third kappa shape index (κ3) is 4.80. The van der Waals surface area contributed by atoms with Gasteiger partial charge in [-0.05, 0) is 49.5 Å². The zero-order valence-corrected chi connectivity index (χ0v) is 20.4. The Kier molecular flexibility index (Phi) is 7.23. The Bertz CT molecular complexity index is 1190. The molecule has 178 valence electrons. The van der Waals surface area contributed by atoms with E-state index >= 15 is 0 Å². The fourth-order valence-electron chi connectivity index (χ4n) is 3.98. The lowest BCUT2D eigenvalue weighted by Crippen LogP contribution is -2.39. The van der Waals surface area contributed by atoms with Gasteiger partial charge in [0.1, 0.15) is 5.75 Å². The lowest BCUT2D eigenvalue weighted by Gasteiger charge is -2.25. The molecule has 4 rings (SSSR count). The number of nitrogens with zero attached hydrogens (tertiary/aromatic N) is 4. The molecule has 9 heteroatoms. The van der Waals surface area contributed by atoms with Crippen LogP contribution >= 0.6 is 11.3 Å². The lowest BCUT2D eigenvalue weighted by molar-refractivity contribution is -0.121. The van der Waals surface area contributed by atoms with Crippen molar-refractivity contribution in [2.45, 2.75) is 26.7 Å². The van der Waals surface area contributed by atoms with Crippen LogP contribution in [-0.2, 0) is 9.59 Å². The van der Waals surface area contributed by atoms with Gasteiger partial charge in [0.25, 0.3) is 5.91 Å². The Morgan fingerprint density at radius 1 is 1.03 bits per heavy atom. The maximum atomic E-state index is 13.6. The highest BCUT2D eigenvalue weighted by atomic mass is 32.1. The van der Waals surface area contributed by atoms with E-state index in [0.29, 0.717) is 35.2 Å². The Morgan fingerprint density at radius 2 is 1.71 bits per heavy atom. The van der Waals surface area contributed by atoms with Gasteiger partial charge in [-0.1, -0.05) is 25.2 Å². The number of hydrogen-bond acceptors (Lipinski definition) is 7. The van der Waals surface area contributed by atoms with Crippen molar-refractivity contribution in [1.82, 2.24) is 9.88 Å². The molecule has 0 radical (unpaired) electrons. The molecule has 0 N–H and O–H groups in total. The van der Waals surface area contributed by atoms with Crippen molar-refractivity contribution in [1.29, 1.82) is 0 Å². The molecule has 3 aromatic rings. The Morgan fingerprint density at radius 3 is 2.32 bits per heavy atom. The van der Waals surface area contributed by atoms with Crippen LogP contribution in [0.4, 0.5) is 10.8 Å². The first-order valence-electron chi connectivity index (χ1n) is 11.4. The minimum absolute atomic E-state index is 0.177. The zero-order chi connectivity index (χ0) is 24.2. The monoisotopic (exact) mass is 480 g/mol. The first kappa shape index (κ1) is 23.8. The first-order chi connectivity index (χ1) is 16.4. The number of amides is 3. The van der Waals surface area contributed by atoms with Crippen molar-refractivity contribution in [2.75, 3.05) is 43.1 Å². The van der Waals surface area contributed by atoms with Gasteiger partial charge < -0.3 is 9.64 Å². The molecule has 3 amide bonds. The molecule has 1 saturated heterocycles. The van der Waals surface area contributed by atoms with Crippen LogP contribution in [0.1, 0.15) is 37.0 Å². The molecule has 8 nitrogen and oxygen atoms in total. The highest BCUT2D eigenvalue weighted by Gasteiger charge is 2.30. The van der Waals surface area contributed by atoms with Gasteiger partial charge in [0.2, 0.25) is 11.8 Å². The average Bonchev–Trinajstić information content (AvgIpc) is 3.43. The van der Waals surface area contributed by atoms with Gasteiger partial charge in [-0.3, -0.25) is 24.2 Å². The second kappa shape index (κ2) is 10.3. The van der Waals surface area contributed by atoms with Crippen LogP contribution < -0.4 is 14.5 Å². The number of aromatic nitrogens is 1. The third-order valence-corrected chi connectivity index (χ3v) is 7.08. The van der Waals surface area contributed by atoms with E-state index in [1.807, 2.05) is 18.2 Å². The number of ether oxygens (including phenoxy) is 1. The fourth-order valence-corrected chi connectivity index (χ4v) is 4.95. The van der Waals surface area contributed by atoms with E-state index in [1.54, 1.807) is 36.3 Å².